The summed E-state index contributed by atoms with van der Waals surface area (Å²) >= 11 is 0. The summed E-state index contributed by atoms with van der Waals surface area (Å²) in [7, 11) is 0. The Balaban J connectivity index is 2.06. The summed E-state index contributed by atoms with van der Waals surface area (Å²) in [5.41, 5.74) is 1.19. The number of benzene rings is 1. The van der Waals surface area contributed by atoms with Crippen molar-refractivity contribution in [2.24, 2.45) is 5.92 Å². The summed E-state index contributed by atoms with van der Waals surface area (Å²) in [5.74, 6) is 0.965. The molecule has 2 atom stereocenters. The van der Waals surface area contributed by atoms with Gasteiger partial charge in [0, 0.05) is 0 Å². The van der Waals surface area contributed by atoms with Gasteiger partial charge in [0.1, 0.15) is 11.9 Å². The Bertz CT molecular complexity index is 380. The van der Waals surface area contributed by atoms with Crippen LogP contribution in [0.25, 0.3) is 0 Å². The fourth-order valence-electron chi connectivity index (χ4n) is 2.08. The Labute approximate surface area is 90.5 Å². The first-order valence-electron chi connectivity index (χ1n) is 5.42. The van der Waals surface area contributed by atoms with Gasteiger partial charge in [0.25, 0.3) is 0 Å². The van der Waals surface area contributed by atoms with Crippen molar-refractivity contribution in [2.75, 3.05) is 0 Å². The molecule has 0 saturated heterocycles. The molecule has 1 fully saturated rings. The van der Waals surface area contributed by atoms with Crippen molar-refractivity contribution in [1.29, 1.82) is 5.26 Å². The summed E-state index contributed by atoms with van der Waals surface area (Å²) in [6.45, 7) is 2.04. The standard InChI is InChI=1S/C13H15NO/c1-10-4-2-6-12(8-10)15-13-7-3-5-11(13)9-14/h2,4,6,8,11,13H,3,5,7H2,1H3. The van der Waals surface area contributed by atoms with E-state index >= 15 is 0 Å². The average molecular weight is 201 g/mol. The van der Waals surface area contributed by atoms with Crippen LogP contribution in [0.1, 0.15) is 24.8 Å². The summed E-state index contributed by atoms with van der Waals surface area (Å²) < 4.78 is 5.84. The maximum absolute atomic E-state index is 8.94. The largest absolute Gasteiger partial charge is 0.489 e. The van der Waals surface area contributed by atoms with E-state index in [0.717, 1.165) is 25.0 Å². The van der Waals surface area contributed by atoms with Crippen LogP contribution in [0.4, 0.5) is 0 Å². The molecule has 2 nitrogen and oxygen atoms in total. The lowest BCUT2D eigenvalue weighted by atomic mass is 10.1. The first kappa shape index (κ1) is 10.0. The molecule has 2 unspecified atom stereocenters. The Morgan fingerprint density at radius 1 is 1.40 bits per heavy atom. The van der Waals surface area contributed by atoms with Gasteiger partial charge >= 0.3 is 0 Å². The van der Waals surface area contributed by atoms with Crippen molar-refractivity contribution in [3.05, 3.63) is 29.8 Å². The zero-order valence-corrected chi connectivity index (χ0v) is 8.94. The molecule has 0 heterocycles. The summed E-state index contributed by atoms with van der Waals surface area (Å²) in [4.78, 5) is 0. The molecular formula is C13H15NO. The van der Waals surface area contributed by atoms with Gasteiger partial charge < -0.3 is 4.74 Å². The van der Waals surface area contributed by atoms with E-state index in [1.54, 1.807) is 0 Å². The van der Waals surface area contributed by atoms with Crippen LogP contribution in [0.3, 0.4) is 0 Å². The van der Waals surface area contributed by atoms with Crippen molar-refractivity contribution >= 4 is 0 Å². The first-order chi connectivity index (χ1) is 7.29. The summed E-state index contributed by atoms with van der Waals surface area (Å²) in [6, 6.07) is 10.3. The number of rotatable bonds is 2. The lowest BCUT2D eigenvalue weighted by Gasteiger charge is -2.16. The SMILES string of the molecule is Cc1cccc(OC2CCCC2C#N)c1. The molecule has 1 aromatic carbocycles. The Morgan fingerprint density at radius 3 is 3.00 bits per heavy atom. The van der Waals surface area contributed by atoms with E-state index in [-0.39, 0.29) is 12.0 Å². The van der Waals surface area contributed by atoms with E-state index in [4.69, 9.17) is 10.00 Å². The highest BCUT2D eigenvalue weighted by Crippen LogP contribution is 2.29. The van der Waals surface area contributed by atoms with Crippen LogP contribution in [0.2, 0.25) is 0 Å². The van der Waals surface area contributed by atoms with Gasteiger partial charge in [0.15, 0.2) is 0 Å². The molecule has 15 heavy (non-hydrogen) atoms. The summed E-state index contributed by atoms with van der Waals surface area (Å²) in [5, 5.41) is 8.94. The second-order valence-corrected chi connectivity index (χ2v) is 4.14. The minimum atomic E-state index is 0.0745. The predicted molar refractivity (Wildman–Crippen MR) is 58.5 cm³/mol. The highest BCUT2D eigenvalue weighted by atomic mass is 16.5. The smallest absolute Gasteiger partial charge is 0.120 e. The zero-order chi connectivity index (χ0) is 10.7. The van der Waals surface area contributed by atoms with Gasteiger partial charge in [0.05, 0.1) is 12.0 Å². The number of nitrogens with zero attached hydrogens (tertiary/aromatic N) is 1. The van der Waals surface area contributed by atoms with Gasteiger partial charge in [-0.05, 0) is 43.9 Å². The normalized spacial score (nSPS) is 24.8. The molecule has 0 bridgehead atoms. The van der Waals surface area contributed by atoms with Gasteiger partial charge in [-0.1, -0.05) is 12.1 Å². The number of nitriles is 1. The third-order valence-electron chi connectivity index (χ3n) is 2.90. The van der Waals surface area contributed by atoms with Gasteiger partial charge in [-0.15, -0.1) is 0 Å². The number of hydrogen-bond donors (Lipinski definition) is 0. The molecule has 1 aliphatic carbocycles. The Morgan fingerprint density at radius 2 is 2.27 bits per heavy atom. The van der Waals surface area contributed by atoms with E-state index in [0.29, 0.717) is 0 Å². The highest BCUT2D eigenvalue weighted by molar-refractivity contribution is 5.27. The fraction of sp³-hybridized carbons (Fsp3) is 0.462. The molecule has 0 spiro atoms. The fourth-order valence-corrected chi connectivity index (χ4v) is 2.08. The van der Waals surface area contributed by atoms with Gasteiger partial charge in [-0.2, -0.15) is 5.26 Å². The van der Waals surface area contributed by atoms with Crippen LogP contribution in [0.5, 0.6) is 5.75 Å². The number of ether oxygens (including phenoxy) is 1. The van der Waals surface area contributed by atoms with Crippen molar-refractivity contribution < 1.29 is 4.74 Å². The van der Waals surface area contributed by atoms with E-state index in [1.807, 2.05) is 31.2 Å². The molecule has 0 N–H and O–H groups in total. The quantitative estimate of drug-likeness (QED) is 0.736. The van der Waals surface area contributed by atoms with E-state index in [2.05, 4.69) is 6.07 Å². The maximum Gasteiger partial charge on any atom is 0.120 e. The molecular weight excluding hydrogens is 186 g/mol. The van der Waals surface area contributed by atoms with Crippen LogP contribution >= 0.6 is 0 Å². The van der Waals surface area contributed by atoms with E-state index < -0.39 is 0 Å². The number of aryl methyl sites for hydroxylation is 1. The molecule has 1 saturated carbocycles. The van der Waals surface area contributed by atoms with Crippen molar-refractivity contribution in [3.63, 3.8) is 0 Å². The Kier molecular flexibility index (Phi) is 2.91. The van der Waals surface area contributed by atoms with Crippen molar-refractivity contribution in [2.45, 2.75) is 32.3 Å². The highest BCUT2D eigenvalue weighted by Gasteiger charge is 2.28. The Hall–Kier alpha value is -1.49. The third-order valence-corrected chi connectivity index (χ3v) is 2.90. The topological polar surface area (TPSA) is 33.0 Å². The lowest BCUT2D eigenvalue weighted by Crippen LogP contribution is -2.20. The molecule has 1 aromatic rings. The van der Waals surface area contributed by atoms with Gasteiger partial charge in [0.2, 0.25) is 0 Å². The molecule has 0 radical (unpaired) electrons. The van der Waals surface area contributed by atoms with Crippen LogP contribution in [0, 0.1) is 24.2 Å². The molecule has 78 valence electrons. The van der Waals surface area contributed by atoms with Gasteiger partial charge in [-0.3, -0.25) is 0 Å². The van der Waals surface area contributed by atoms with Crippen LogP contribution in [-0.4, -0.2) is 6.10 Å². The minimum Gasteiger partial charge on any atom is -0.489 e. The lowest BCUT2D eigenvalue weighted by molar-refractivity contribution is 0.182. The summed E-state index contributed by atoms with van der Waals surface area (Å²) in [6.07, 6.45) is 3.19. The maximum atomic E-state index is 8.94. The monoisotopic (exact) mass is 201 g/mol. The van der Waals surface area contributed by atoms with Crippen molar-refractivity contribution in [3.8, 4) is 11.8 Å². The predicted octanol–water partition coefficient (Wildman–Crippen LogP) is 3.07. The van der Waals surface area contributed by atoms with Crippen LogP contribution < -0.4 is 4.74 Å². The van der Waals surface area contributed by atoms with Crippen molar-refractivity contribution in [1.82, 2.24) is 0 Å². The molecule has 1 aliphatic rings. The molecule has 2 heteroatoms. The molecule has 2 rings (SSSR count). The average Bonchev–Trinajstić information content (AvgIpc) is 2.65. The van der Waals surface area contributed by atoms with Gasteiger partial charge in [-0.25, -0.2) is 0 Å². The second-order valence-electron chi connectivity index (χ2n) is 4.14. The molecule has 0 aliphatic heterocycles. The first-order valence-corrected chi connectivity index (χ1v) is 5.42. The van der Waals surface area contributed by atoms with E-state index in [9.17, 15) is 0 Å². The molecule has 0 amide bonds. The minimum absolute atomic E-state index is 0.0745. The third kappa shape index (κ3) is 2.30. The van der Waals surface area contributed by atoms with Crippen LogP contribution in [0.15, 0.2) is 24.3 Å². The molecule has 0 aromatic heterocycles. The van der Waals surface area contributed by atoms with E-state index in [1.165, 1.54) is 5.56 Å². The second kappa shape index (κ2) is 4.35. The van der Waals surface area contributed by atoms with Crippen LogP contribution in [-0.2, 0) is 0 Å². The zero-order valence-electron chi connectivity index (χ0n) is 8.94. The number of hydrogen-bond acceptors (Lipinski definition) is 2.